The lowest BCUT2D eigenvalue weighted by Gasteiger charge is -2.28. The predicted octanol–water partition coefficient (Wildman–Crippen LogP) is 5.84. The van der Waals surface area contributed by atoms with Crippen LogP contribution in [0, 0.1) is 5.41 Å². The van der Waals surface area contributed by atoms with E-state index in [1.54, 1.807) is 0 Å². The van der Waals surface area contributed by atoms with Gasteiger partial charge in [-0.2, -0.15) is 0 Å². The first-order chi connectivity index (χ1) is 11.6. The van der Waals surface area contributed by atoms with E-state index in [1.807, 2.05) is 0 Å². The van der Waals surface area contributed by atoms with Gasteiger partial charge in [0.25, 0.3) is 0 Å². The monoisotopic (exact) mass is 325 g/mol. The Hall–Kier alpha value is -1.83. The van der Waals surface area contributed by atoms with Crippen LogP contribution >= 0.6 is 0 Å². The summed E-state index contributed by atoms with van der Waals surface area (Å²) in [5.41, 5.74) is 0.947. The molecule has 1 N–H and O–H groups in total. The Kier molecular flexibility index (Phi) is 6.84. The highest BCUT2D eigenvalue weighted by Crippen LogP contribution is 2.31. The van der Waals surface area contributed by atoms with Crippen LogP contribution < -0.4 is 5.32 Å². The number of carbonyl (C=O) groups excluding carboxylic acids is 1. The second-order valence-corrected chi connectivity index (χ2v) is 7.09. The van der Waals surface area contributed by atoms with Crippen molar-refractivity contribution in [3.05, 3.63) is 48.0 Å². The lowest BCUT2D eigenvalue weighted by molar-refractivity contribution is -0.131. The Balaban J connectivity index is 2.06. The summed E-state index contributed by atoms with van der Waals surface area (Å²) in [5, 5.41) is 5.66. The molecule has 2 nitrogen and oxygen atoms in total. The largest absolute Gasteiger partial charge is 0.352 e. The highest BCUT2D eigenvalue weighted by atomic mass is 16.2. The molecule has 2 heteroatoms. The number of carbonyl (C=O) groups is 1. The van der Waals surface area contributed by atoms with Crippen LogP contribution in [-0.2, 0) is 11.3 Å². The van der Waals surface area contributed by atoms with E-state index in [-0.39, 0.29) is 11.3 Å². The Morgan fingerprint density at radius 1 is 0.958 bits per heavy atom. The molecular weight excluding hydrogens is 294 g/mol. The van der Waals surface area contributed by atoms with E-state index in [0.29, 0.717) is 6.54 Å². The molecule has 0 spiro atoms. The number of unbranched alkanes of at least 4 members (excludes halogenated alkanes) is 2. The lowest BCUT2D eigenvalue weighted by Crippen LogP contribution is -2.38. The SMILES string of the molecule is CCCCCC(C)(CCC)C(=O)NCc1cccc2ccccc12. The Morgan fingerprint density at radius 3 is 2.46 bits per heavy atom. The minimum Gasteiger partial charge on any atom is -0.352 e. The summed E-state index contributed by atoms with van der Waals surface area (Å²) < 4.78 is 0. The molecule has 1 amide bonds. The first kappa shape index (κ1) is 18.5. The fraction of sp³-hybridized carbons (Fsp3) is 0.500. The van der Waals surface area contributed by atoms with Crippen LogP contribution in [0.15, 0.2) is 42.5 Å². The number of fused-ring (bicyclic) bond motifs is 1. The van der Waals surface area contributed by atoms with Gasteiger partial charge >= 0.3 is 0 Å². The first-order valence-corrected chi connectivity index (χ1v) is 9.35. The smallest absolute Gasteiger partial charge is 0.226 e. The molecule has 0 heterocycles. The zero-order valence-electron chi connectivity index (χ0n) is 15.4. The van der Waals surface area contributed by atoms with E-state index in [2.05, 4.69) is 68.6 Å². The van der Waals surface area contributed by atoms with Gasteiger partial charge < -0.3 is 5.32 Å². The van der Waals surface area contributed by atoms with Gasteiger partial charge in [0.05, 0.1) is 0 Å². The zero-order chi connectivity index (χ0) is 17.4. The molecule has 24 heavy (non-hydrogen) atoms. The third-order valence-electron chi connectivity index (χ3n) is 5.00. The second kappa shape index (κ2) is 8.86. The molecule has 0 aliphatic carbocycles. The van der Waals surface area contributed by atoms with Gasteiger partial charge in [-0.25, -0.2) is 0 Å². The summed E-state index contributed by atoms with van der Waals surface area (Å²) in [6.07, 6.45) is 6.52. The summed E-state index contributed by atoms with van der Waals surface area (Å²) in [6, 6.07) is 14.6. The number of nitrogens with one attached hydrogen (secondary N) is 1. The highest BCUT2D eigenvalue weighted by molar-refractivity contribution is 5.87. The summed E-state index contributed by atoms with van der Waals surface area (Å²) >= 11 is 0. The first-order valence-electron chi connectivity index (χ1n) is 9.35. The Bertz CT molecular complexity index is 659. The van der Waals surface area contributed by atoms with Crippen molar-refractivity contribution in [3.63, 3.8) is 0 Å². The minimum absolute atomic E-state index is 0.202. The maximum absolute atomic E-state index is 12.8. The fourth-order valence-electron chi connectivity index (χ4n) is 3.50. The van der Waals surface area contributed by atoms with Gasteiger partial charge in [-0.3, -0.25) is 4.79 Å². The molecule has 2 rings (SSSR count). The van der Waals surface area contributed by atoms with Gasteiger partial charge in [0.15, 0.2) is 0 Å². The Labute approximate surface area is 146 Å². The molecule has 0 saturated carbocycles. The number of rotatable bonds is 9. The van der Waals surface area contributed by atoms with Crippen molar-refractivity contribution in [2.75, 3.05) is 0 Å². The molecule has 0 aliphatic heterocycles. The van der Waals surface area contributed by atoms with Crippen molar-refractivity contribution in [3.8, 4) is 0 Å². The summed E-state index contributed by atoms with van der Waals surface area (Å²) in [4.78, 5) is 12.8. The minimum atomic E-state index is -0.242. The van der Waals surface area contributed by atoms with E-state index in [9.17, 15) is 4.79 Å². The van der Waals surface area contributed by atoms with Crippen LogP contribution in [0.25, 0.3) is 10.8 Å². The molecule has 0 fully saturated rings. The molecule has 0 aliphatic rings. The van der Waals surface area contributed by atoms with E-state index in [0.717, 1.165) is 25.7 Å². The normalized spacial score (nSPS) is 13.6. The van der Waals surface area contributed by atoms with Gasteiger partial charge in [-0.15, -0.1) is 0 Å². The quantitative estimate of drug-likeness (QED) is 0.576. The molecule has 0 saturated heterocycles. The molecule has 2 aromatic carbocycles. The number of benzene rings is 2. The predicted molar refractivity (Wildman–Crippen MR) is 103 cm³/mol. The van der Waals surface area contributed by atoms with Crippen LogP contribution in [0.5, 0.6) is 0 Å². The van der Waals surface area contributed by atoms with E-state index >= 15 is 0 Å². The fourth-order valence-corrected chi connectivity index (χ4v) is 3.50. The van der Waals surface area contributed by atoms with E-state index in [1.165, 1.54) is 29.2 Å². The van der Waals surface area contributed by atoms with Gasteiger partial charge in [0.1, 0.15) is 0 Å². The lowest BCUT2D eigenvalue weighted by atomic mass is 9.79. The third kappa shape index (κ3) is 4.59. The second-order valence-electron chi connectivity index (χ2n) is 7.09. The summed E-state index contributed by atoms with van der Waals surface area (Å²) in [5.74, 6) is 0.202. The molecule has 1 atom stereocenters. The molecule has 130 valence electrons. The molecule has 2 aromatic rings. The number of amides is 1. The highest BCUT2D eigenvalue weighted by Gasteiger charge is 2.31. The maximum atomic E-state index is 12.8. The number of hydrogen-bond donors (Lipinski definition) is 1. The number of hydrogen-bond acceptors (Lipinski definition) is 1. The summed E-state index contributed by atoms with van der Waals surface area (Å²) in [7, 11) is 0. The third-order valence-corrected chi connectivity index (χ3v) is 5.00. The van der Waals surface area contributed by atoms with Gasteiger partial charge in [-0.1, -0.05) is 88.9 Å². The van der Waals surface area contributed by atoms with E-state index < -0.39 is 0 Å². The van der Waals surface area contributed by atoms with Crippen molar-refractivity contribution in [1.29, 1.82) is 0 Å². The molecule has 0 bridgehead atoms. The van der Waals surface area contributed by atoms with Crippen LogP contribution in [0.2, 0.25) is 0 Å². The topological polar surface area (TPSA) is 29.1 Å². The zero-order valence-corrected chi connectivity index (χ0v) is 15.4. The van der Waals surface area contributed by atoms with Gasteiger partial charge in [-0.05, 0) is 29.2 Å². The average Bonchev–Trinajstić information content (AvgIpc) is 2.60. The van der Waals surface area contributed by atoms with Gasteiger partial charge in [0.2, 0.25) is 5.91 Å². The van der Waals surface area contributed by atoms with Crippen molar-refractivity contribution in [2.24, 2.45) is 5.41 Å². The standard InChI is InChI=1S/C22H31NO/c1-4-6-9-16-22(3,15-5-2)21(24)23-17-19-13-10-12-18-11-7-8-14-20(18)19/h7-8,10-14H,4-6,9,15-17H2,1-3H3,(H,23,24). The van der Waals surface area contributed by atoms with Crippen molar-refractivity contribution in [1.82, 2.24) is 5.32 Å². The van der Waals surface area contributed by atoms with Crippen LogP contribution in [0.1, 0.15) is 64.9 Å². The molecule has 1 unspecified atom stereocenters. The average molecular weight is 325 g/mol. The Morgan fingerprint density at radius 2 is 1.71 bits per heavy atom. The molecular formula is C22H31NO. The van der Waals surface area contributed by atoms with Gasteiger partial charge in [0, 0.05) is 12.0 Å². The summed E-state index contributed by atoms with van der Waals surface area (Å²) in [6.45, 7) is 7.10. The van der Waals surface area contributed by atoms with Crippen LogP contribution in [0.4, 0.5) is 0 Å². The molecule has 0 aromatic heterocycles. The molecule has 0 radical (unpaired) electrons. The maximum Gasteiger partial charge on any atom is 0.226 e. The van der Waals surface area contributed by atoms with Crippen molar-refractivity contribution < 1.29 is 4.79 Å². The van der Waals surface area contributed by atoms with E-state index in [4.69, 9.17) is 0 Å². The van der Waals surface area contributed by atoms with Crippen LogP contribution in [0.3, 0.4) is 0 Å². The van der Waals surface area contributed by atoms with Crippen LogP contribution in [-0.4, -0.2) is 5.91 Å². The van der Waals surface area contributed by atoms with Crippen molar-refractivity contribution in [2.45, 2.75) is 65.8 Å². The van der Waals surface area contributed by atoms with Crippen molar-refractivity contribution >= 4 is 16.7 Å².